The van der Waals surface area contributed by atoms with Gasteiger partial charge >= 0.3 is 6.18 Å². The van der Waals surface area contributed by atoms with E-state index in [1.54, 1.807) is 11.9 Å². The Morgan fingerprint density at radius 2 is 1.82 bits per heavy atom. The first-order valence-corrected chi connectivity index (χ1v) is 11.9. The van der Waals surface area contributed by atoms with Crippen LogP contribution in [0.4, 0.5) is 23.2 Å². The minimum absolute atomic E-state index is 0.000798. The maximum atomic E-state index is 15.8. The molecule has 1 aliphatic rings. The summed E-state index contributed by atoms with van der Waals surface area (Å²) in [6.07, 6.45) is -2.03. The number of fused-ring (bicyclic) bond motifs is 1. The molecule has 0 amide bonds. The van der Waals surface area contributed by atoms with E-state index in [0.29, 0.717) is 11.5 Å². The van der Waals surface area contributed by atoms with Crippen LogP contribution in [0.3, 0.4) is 0 Å². The zero-order chi connectivity index (χ0) is 27.5. The Bertz CT molecular complexity index is 1550. The maximum absolute atomic E-state index is 15.8. The van der Waals surface area contributed by atoms with Gasteiger partial charge in [-0.25, -0.2) is 14.4 Å². The molecule has 198 valence electrons. The maximum Gasteiger partial charge on any atom is 0.433 e. The van der Waals surface area contributed by atoms with Gasteiger partial charge in [-0.05, 0) is 12.1 Å². The molecule has 1 fully saturated rings. The van der Waals surface area contributed by atoms with Crippen LogP contribution in [0.1, 0.15) is 56.6 Å². The molecule has 0 saturated carbocycles. The molecule has 5 rings (SSSR count). The highest BCUT2D eigenvalue weighted by Gasteiger charge is 2.42. The Kier molecular flexibility index (Phi) is 5.89. The highest BCUT2D eigenvalue weighted by molar-refractivity contribution is 5.84. The second kappa shape index (κ2) is 8.75. The van der Waals surface area contributed by atoms with Crippen LogP contribution in [0.25, 0.3) is 22.5 Å². The van der Waals surface area contributed by atoms with Crippen molar-refractivity contribution in [2.24, 2.45) is 7.05 Å². The van der Waals surface area contributed by atoms with Gasteiger partial charge in [-0.15, -0.1) is 10.2 Å². The lowest BCUT2D eigenvalue weighted by Crippen LogP contribution is -2.42. The monoisotopic (exact) mass is 528 g/mol. The van der Waals surface area contributed by atoms with Gasteiger partial charge in [0.1, 0.15) is 18.1 Å². The molecule has 0 unspecified atom stereocenters. The summed E-state index contributed by atoms with van der Waals surface area (Å²) in [7, 11) is 1.65. The van der Waals surface area contributed by atoms with E-state index in [1.165, 1.54) is 23.2 Å². The smallest absolute Gasteiger partial charge is 0.433 e. The van der Waals surface area contributed by atoms with Crippen molar-refractivity contribution in [1.82, 2.24) is 29.7 Å². The van der Waals surface area contributed by atoms with Crippen molar-refractivity contribution < 1.29 is 22.0 Å². The van der Waals surface area contributed by atoms with E-state index in [4.69, 9.17) is 4.42 Å². The summed E-state index contributed by atoms with van der Waals surface area (Å²) in [5.41, 5.74) is -2.73. The number of rotatable bonds is 3. The highest BCUT2D eigenvalue weighted by Crippen LogP contribution is 2.42. The van der Waals surface area contributed by atoms with E-state index in [1.807, 2.05) is 26.8 Å². The number of hydrogen-bond donors (Lipinski definition) is 0. The van der Waals surface area contributed by atoms with Gasteiger partial charge in [-0.2, -0.15) is 23.4 Å². The van der Waals surface area contributed by atoms with Crippen LogP contribution in [-0.2, 0) is 24.3 Å². The molecule has 0 spiro atoms. The van der Waals surface area contributed by atoms with Crippen LogP contribution in [-0.4, -0.2) is 42.8 Å². The van der Waals surface area contributed by atoms with Gasteiger partial charge in [0.2, 0.25) is 5.89 Å². The molecule has 0 bridgehead atoms. The number of piperidine rings is 1. The second-order valence-corrected chi connectivity index (χ2v) is 10.4. The van der Waals surface area contributed by atoms with Crippen LogP contribution >= 0.6 is 0 Å². The molecular weight excluding hydrogens is 504 g/mol. The van der Waals surface area contributed by atoms with Crippen molar-refractivity contribution in [3.05, 3.63) is 47.6 Å². The van der Waals surface area contributed by atoms with E-state index in [-0.39, 0.29) is 59.8 Å². The predicted molar refractivity (Wildman–Crippen MR) is 129 cm³/mol. The summed E-state index contributed by atoms with van der Waals surface area (Å²) < 4.78 is 64.4. The molecule has 13 heteroatoms. The number of halogens is 4. The molecule has 1 saturated heterocycles. The number of aromatic nitrogens is 6. The van der Waals surface area contributed by atoms with E-state index < -0.39 is 23.0 Å². The number of nitriles is 1. The van der Waals surface area contributed by atoms with E-state index in [9.17, 15) is 18.4 Å². The average Bonchev–Trinajstić information content (AvgIpc) is 3.49. The Labute approximate surface area is 215 Å². The van der Waals surface area contributed by atoms with Crippen molar-refractivity contribution in [1.29, 1.82) is 5.26 Å². The molecular formula is C25H24F4N8O. The lowest BCUT2D eigenvalue weighted by atomic mass is 9.91. The predicted octanol–water partition coefficient (Wildman–Crippen LogP) is 5.07. The van der Waals surface area contributed by atoms with Gasteiger partial charge in [0, 0.05) is 50.2 Å². The number of hydrogen-bond acceptors (Lipinski definition) is 8. The second-order valence-electron chi connectivity index (χ2n) is 10.4. The zero-order valence-electron chi connectivity index (χ0n) is 21.1. The number of aryl methyl sites for hydroxylation is 1. The third kappa shape index (κ3) is 4.44. The van der Waals surface area contributed by atoms with Gasteiger partial charge in [0.05, 0.1) is 16.9 Å². The summed E-state index contributed by atoms with van der Waals surface area (Å²) >= 11 is 0. The lowest BCUT2D eigenvalue weighted by molar-refractivity contribution is -0.141. The summed E-state index contributed by atoms with van der Waals surface area (Å²) in [6, 6.07) is 4.11. The normalized spacial score (nSPS) is 16.1. The van der Waals surface area contributed by atoms with Gasteiger partial charge in [0.25, 0.3) is 0 Å². The largest absolute Gasteiger partial charge is 0.438 e. The van der Waals surface area contributed by atoms with Gasteiger partial charge in [0.15, 0.2) is 22.7 Å². The standard InChI is InChI=1S/C25H24F4N8O/c1-23(2,3)22-34-20-16(38-22)9-15(12-31-20)18-19(14(11-30)10-17(33-18)25(27,28)29)37-7-5-24(26,6-8-37)21-35-32-13-36(21)4/h9-10,12-13H,5-8H2,1-4H3. The van der Waals surface area contributed by atoms with Gasteiger partial charge in [-0.1, -0.05) is 20.8 Å². The molecule has 38 heavy (non-hydrogen) atoms. The Morgan fingerprint density at radius 3 is 2.39 bits per heavy atom. The van der Waals surface area contributed by atoms with E-state index >= 15 is 4.39 Å². The summed E-state index contributed by atoms with van der Waals surface area (Å²) in [6.45, 7) is 5.96. The molecule has 0 atom stereocenters. The first kappa shape index (κ1) is 25.6. The summed E-state index contributed by atoms with van der Waals surface area (Å²) in [5.74, 6) is 0.601. The Morgan fingerprint density at radius 1 is 1.11 bits per heavy atom. The highest BCUT2D eigenvalue weighted by atomic mass is 19.4. The zero-order valence-corrected chi connectivity index (χ0v) is 21.1. The molecule has 9 nitrogen and oxygen atoms in total. The van der Waals surface area contributed by atoms with Crippen LogP contribution < -0.4 is 4.90 Å². The Hall–Kier alpha value is -4.08. The summed E-state index contributed by atoms with van der Waals surface area (Å²) in [5, 5.41) is 17.5. The fourth-order valence-electron chi connectivity index (χ4n) is 4.56. The van der Waals surface area contributed by atoms with E-state index in [2.05, 4.69) is 25.1 Å². The molecule has 0 aliphatic carbocycles. The van der Waals surface area contributed by atoms with Gasteiger partial charge < -0.3 is 13.9 Å². The lowest BCUT2D eigenvalue weighted by Gasteiger charge is -2.38. The first-order valence-electron chi connectivity index (χ1n) is 11.9. The van der Waals surface area contributed by atoms with Crippen molar-refractivity contribution in [3.63, 3.8) is 0 Å². The quantitative estimate of drug-likeness (QED) is 0.339. The minimum Gasteiger partial charge on any atom is -0.438 e. The number of nitrogens with zero attached hydrogens (tertiary/aromatic N) is 8. The molecule has 4 aromatic heterocycles. The SMILES string of the molecule is Cn1cnnc1C1(F)CCN(c2c(C#N)cc(C(F)(F)F)nc2-c2cnc3nc(C(C)(C)C)oc3c2)CC1. The van der Waals surface area contributed by atoms with Crippen molar-refractivity contribution in [2.75, 3.05) is 18.0 Å². The average molecular weight is 529 g/mol. The molecule has 1 aliphatic heterocycles. The fraction of sp³-hybridized carbons (Fsp3) is 0.440. The van der Waals surface area contributed by atoms with Crippen molar-refractivity contribution in [2.45, 2.75) is 50.9 Å². The third-order valence-electron chi connectivity index (χ3n) is 6.55. The van der Waals surface area contributed by atoms with Crippen LogP contribution in [0.5, 0.6) is 0 Å². The van der Waals surface area contributed by atoms with Gasteiger partial charge in [-0.3, -0.25) is 0 Å². The number of alkyl halides is 4. The van der Waals surface area contributed by atoms with Crippen LogP contribution in [0.15, 0.2) is 29.1 Å². The van der Waals surface area contributed by atoms with Crippen LogP contribution in [0, 0.1) is 11.3 Å². The van der Waals surface area contributed by atoms with Crippen molar-refractivity contribution >= 4 is 16.9 Å². The number of oxazole rings is 1. The molecule has 0 aromatic carbocycles. The Balaban J connectivity index is 1.61. The molecule has 0 radical (unpaired) electrons. The number of anilines is 1. The molecule has 5 heterocycles. The first-order chi connectivity index (χ1) is 17.8. The molecule has 0 N–H and O–H groups in total. The molecule has 4 aromatic rings. The van der Waals surface area contributed by atoms with E-state index in [0.717, 1.165) is 6.07 Å². The van der Waals surface area contributed by atoms with Crippen molar-refractivity contribution in [3.8, 4) is 17.3 Å². The number of pyridine rings is 2. The summed E-state index contributed by atoms with van der Waals surface area (Å²) in [4.78, 5) is 14.3. The fourth-order valence-corrected chi connectivity index (χ4v) is 4.56. The minimum atomic E-state index is -4.79. The topological polar surface area (TPSA) is 110 Å². The third-order valence-corrected chi connectivity index (χ3v) is 6.55. The van der Waals surface area contributed by atoms with Crippen LogP contribution in [0.2, 0.25) is 0 Å².